The summed E-state index contributed by atoms with van der Waals surface area (Å²) in [5, 5.41) is 62.0. The van der Waals surface area contributed by atoms with Crippen LogP contribution in [0.15, 0.2) is 54.6 Å². The van der Waals surface area contributed by atoms with Crippen molar-refractivity contribution in [1.29, 1.82) is 0 Å². The molecule has 343 valence electrons. The van der Waals surface area contributed by atoms with E-state index in [0.29, 0.717) is 31.2 Å². The monoisotopic (exact) mass is 1030 g/mol. The summed E-state index contributed by atoms with van der Waals surface area (Å²) in [6.45, 7) is -5.02. The zero-order chi connectivity index (χ0) is 44.4. The number of benzene rings is 2. The van der Waals surface area contributed by atoms with E-state index in [2.05, 4.69) is 10.6 Å². The molecule has 2 atom stereocenters. The van der Waals surface area contributed by atoms with E-state index in [0.717, 1.165) is 25.8 Å². The average Bonchev–Trinajstić information content (AvgIpc) is 3.16. The molecule has 20 nitrogen and oxygen atoms in total. The van der Waals surface area contributed by atoms with Crippen molar-refractivity contribution in [3.05, 3.63) is 60.2 Å². The second kappa shape index (κ2) is 28.0. The number of carbonyl (C=O) groups is 7. The third-order valence-corrected chi connectivity index (χ3v) is 11.5. The van der Waals surface area contributed by atoms with E-state index in [9.17, 15) is 73.4 Å². The molecule has 0 bridgehead atoms. The van der Waals surface area contributed by atoms with Gasteiger partial charge in [-0.1, -0.05) is 62.0 Å². The van der Waals surface area contributed by atoms with Gasteiger partial charge in [-0.3, -0.25) is 28.9 Å². The Morgan fingerprint density at radius 2 is 1.16 bits per heavy atom. The summed E-state index contributed by atoms with van der Waals surface area (Å²) in [7, 11) is -5.11. The zero-order valence-electron chi connectivity index (χ0n) is 33.2. The fourth-order valence-electron chi connectivity index (χ4n) is 7.09. The standard InChI is InChI=1S/C39H54N5O15P.CH4.Gd/c45-32(14-15-33(60(57,58)59)44(18-16-42(22-34(46)47)23-35(48)49)19-17-43(24-36(50)51)25-37(52)53)40-21-27-8-12-30(13-9-27)38(54)41-31(39(55)56)20-26-6-10-29(11-7-26)28-4-2-1-3-5-28;;/h1-7,10-11,27,30-31,33H,8-9,12-25H2,(H,40,45)(H,41,54)(H,46,47)(H,48,49)(H,50,51)(H,52,53)(H,55,56)(H2,57,58,59);1H4;/q;;+3/p-5. The predicted octanol–water partition coefficient (Wildman–Crippen LogP) is -5.12. The van der Waals surface area contributed by atoms with E-state index in [-0.39, 0.29) is 66.3 Å². The number of nitrogens with one attached hydrogen (secondary N) is 2. The third kappa shape index (κ3) is 21.0. The van der Waals surface area contributed by atoms with E-state index in [1.807, 2.05) is 42.5 Å². The third-order valence-electron chi connectivity index (χ3n) is 10.2. The van der Waals surface area contributed by atoms with Crippen LogP contribution in [0, 0.1) is 51.8 Å². The van der Waals surface area contributed by atoms with Gasteiger partial charge in [0.1, 0.15) is 5.78 Å². The van der Waals surface area contributed by atoms with Gasteiger partial charge in [0.15, 0.2) is 0 Å². The quantitative estimate of drug-likeness (QED) is 0.0608. The van der Waals surface area contributed by atoms with Gasteiger partial charge in [-0.05, 0) is 61.1 Å². The Balaban J connectivity index is 0.00000961. The first kappa shape index (κ1) is 56.1. The van der Waals surface area contributed by atoms with Gasteiger partial charge in [-0.15, -0.1) is 0 Å². The molecule has 1 aliphatic rings. The van der Waals surface area contributed by atoms with Crippen LogP contribution >= 0.6 is 7.60 Å². The first-order chi connectivity index (χ1) is 28.3. The van der Waals surface area contributed by atoms with Crippen LogP contribution in [0.25, 0.3) is 11.1 Å². The second-order valence-corrected chi connectivity index (χ2v) is 16.5. The molecule has 0 spiro atoms. The molecule has 1 radical (unpaired) electrons. The number of carbonyl (C=O) groups excluding carboxylic acids is 7. The zero-order valence-corrected chi connectivity index (χ0v) is 36.3. The van der Waals surface area contributed by atoms with Crippen molar-refractivity contribution in [2.75, 3.05) is 58.9 Å². The van der Waals surface area contributed by atoms with Crippen molar-refractivity contribution < 1.29 is 113 Å². The predicted molar refractivity (Wildman–Crippen MR) is 207 cm³/mol. The maximum atomic E-state index is 13.1. The van der Waals surface area contributed by atoms with Crippen LogP contribution in [0.3, 0.4) is 0 Å². The Labute approximate surface area is 391 Å². The first-order valence-corrected chi connectivity index (χ1v) is 20.9. The molecular weight excluding hydrogens is 979 g/mol. The topological polar surface area (TPSA) is 326 Å². The maximum absolute atomic E-state index is 13.1. The molecule has 1 fully saturated rings. The minimum Gasteiger partial charge on any atom is -0.549 e. The van der Waals surface area contributed by atoms with E-state index < -0.39 is 132 Å². The molecule has 22 heteroatoms. The maximum Gasteiger partial charge on any atom is 3.00 e. The summed E-state index contributed by atoms with van der Waals surface area (Å²) in [5.74, 6) is -11.3. The fraction of sp³-hybridized carbons (Fsp3) is 0.525. The van der Waals surface area contributed by atoms with Crippen molar-refractivity contribution in [2.24, 2.45) is 11.8 Å². The number of carboxylic acids is 5. The fourth-order valence-corrected chi connectivity index (χ4v) is 8.21. The van der Waals surface area contributed by atoms with Crippen LogP contribution in [0.5, 0.6) is 0 Å². The van der Waals surface area contributed by atoms with Crippen LogP contribution in [-0.2, 0) is 44.5 Å². The number of amides is 2. The molecule has 0 saturated heterocycles. The van der Waals surface area contributed by atoms with E-state index in [1.165, 1.54) is 0 Å². The molecule has 62 heavy (non-hydrogen) atoms. The molecule has 2 aromatic rings. The van der Waals surface area contributed by atoms with E-state index in [4.69, 9.17) is 0 Å². The SMILES string of the molecule is C.O=C([O-])CN(CCN(CCN(CC(=O)[O-])CC(=O)[O-])C(CCC(=O)NCC1CCC(C(=O)NC(Cc2ccc(-c3ccccc3)cc2)C(=O)[O-])CC1)P(=O)(O)O)CC(=O)[O-].[Gd+3]. The molecule has 4 N–H and O–H groups in total. The van der Waals surface area contributed by atoms with E-state index in [1.54, 1.807) is 12.1 Å². The van der Waals surface area contributed by atoms with Gasteiger partial charge in [0.2, 0.25) is 11.8 Å². The second-order valence-electron chi connectivity index (χ2n) is 14.7. The molecule has 2 amide bonds. The van der Waals surface area contributed by atoms with Crippen molar-refractivity contribution in [2.45, 2.75) is 64.2 Å². The molecule has 0 aromatic heterocycles. The first-order valence-electron chi connectivity index (χ1n) is 19.3. The van der Waals surface area contributed by atoms with Crippen molar-refractivity contribution in [3.8, 4) is 11.1 Å². The smallest absolute Gasteiger partial charge is 0.549 e. The number of rotatable bonds is 27. The summed E-state index contributed by atoms with van der Waals surface area (Å²) in [5.41, 5.74) is 2.66. The molecule has 0 aliphatic heterocycles. The number of aliphatic carboxylic acids is 5. The Morgan fingerprint density at radius 1 is 0.694 bits per heavy atom. The Morgan fingerprint density at radius 3 is 1.60 bits per heavy atom. The molecule has 1 saturated carbocycles. The van der Waals surface area contributed by atoms with Crippen LogP contribution < -0.4 is 36.2 Å². The van der Waals surface area contributed by atoms with Gasteiger partial charge in [-0.2, -0.15) is 0 Å². The molecule has 3 rings (SSSR count). The summed E-state index contributed by atoms with van der Waals surface area (Å²) < 4.78 is 12.7. The molecule has 0 heterocycles. The number of carboxylic acid groups (broad SMARTS) is 5. The van der Waals surface area contributed by atoms with Crippen LogP contribution in [0.1, 0.15) is 51.5 Å². The van der Waals surface area contributed by atoms with Gasteiger partial charge in [-0.25, -0.2) is 0 Å². The van der Waals surface area contributed by atoms with Gasteiger partial charge >= 0.3 is 47.5 Å². The van der Waals surface area contributed by atoms with Crippen molar-refractivity contribution in [3.63, 3.8) is 0 Å². The van der Waals surface area contributed by atoms with Crippen LogP contribution in [0.2, 0.25) is 0 Å². The molecular formula is C40H53GdN5O15P-2. The van der Waals surface area contributed by atoms with Crippen LogP contribution in [-0.4, -0.2) is 137 Å². The largest absolute Gasteiger partial charge is 3.00 e. The molecule has 1 aliphatic carbocycles. The number of hydrogen-bond donors (Lipinski definition) is 4. The summed E-state index contributed by atoms with van der Waals surface area (Å²) in [4.78, 5) is 106. The Hall–Kier alpha value is -3.92. The van der Waals surface area contributed by atoms with Crippen LogP contribution in [0.4, 0.5) is 0 Å². The number of nitrogens with zero attached hydrogens (tertiary/aromatic N) is 3. The summed E-state index contributed by atoms with van der Waals surface area (Å²) in [6.07, 6.45) is 0.972. The summed E-state index contributed by atoms with van der Waals surface area (Å²) in [6, 6.07) is 15.7. The average molecular weight is 1030 g/mol. The van der Waals surface area contributed by atoms with Crippen molar-refractivity contribution >= 4 is 49.3 Å². The normalized spacial score (nSPS) is 16.0. The van der Waals surface area contributed by atoms with Gasteiger partial charge < -0.3 is 69.9 Å². The Bertz CT molecular complexity index is 1760. The molecule has 2 aromatic carbocycles. The van der Waals surface area contributed by atoms with E-state index >= 15 is 0 Å². The molecule has 2 unspecified atom stereocenters. The van der Waals surface area contributed by atoms with Gasteiger partial charge in [0, 0.05) is 71.2 Å². The minimum absolute atomic E-state index is 0. The Kier molecular flexibility index (Phi) is 25.3. The van der Waals surface area contributed by atoms with Crippen molar-refractivity contribution in [1.82, 2.24) is 25.3 Å². The number of hydrogen-bond acceptors (Lipinski definition) is 16. The minimum atomic E-state index is -5.11. The summed E-state index contributed by atoms with van der Waals surface area (Å²) >= 11 is 0. The van der Waals surface area contributed by atoms with Gasteiger partial charge in [0.25, 0.3) is 0 Å². The van der Waals surface area contributed by atoms with Gasteiger partial charge in [0.05, 0.1) is 35.9 Å².